The van der Waals surface area contributed by atoms with Crippen molar-refractivity contribution < 1.29 is 4.79 Å². The fourth-order valence-corrected chi connectivity index (χ4v) is 1.58. The lowest BCUT2D eigenvalue weighted by molar-refractivity contribution is -0.117. The van der Waals surface area contributed by atoms with Gasteiger partial charge < -0.3 is 5.32 Å². The van der Waals surface area contributed by atoms with Crippen molar-refractivity contribution in [3.05, 3.63) is 48.0 Å². The van der Waals surface area contributed by atoms with Gasteiger partial charge in [0, 0.05) is 11.5 Å². The van der Waals surface area contributed by atoms with Gasteiger partial charge in [0.05, 0.1) is 0 Å². The maximum atomic E-state index is 11.5. The third-order valence-electron chi connectivity index (χ3n) is 2.60. The molecule has 0 aliphatic carbocycles. The van der Waals surface area contributed by atoms with Crippen LogP contribution in [0.4, 0.5) is 0 Å². The Morgan fingerprint density at radius 3 is 2.35 bits per heavy atom. The minimum Gasteiger partial charge on any atom is -0.350 e. The molecule has 1 aromatic rings. The number of nitrogens with one attached hydrogen (secondary N) is 1. The fourth-order valence-electron chi connectivity index (χ4n) is 1.58. The van der Waals surface area contributed by atoms with E-state index in [4.69, 9.17) is 0 Å². The molecule has 2 nitrogen and oxygen atoms in total. The van der Waals surface area contributed by atoms with Gasteiger partial charge in [-0.15, -0.1) is 0 Å². The Labute approximate surface area is 104 Å². The highest BCUT2D eigenvalue weighted by atomic mass is 16.1. The van der Waals surface area contributed by atoms with Gasteiger partial charge >= 0.3 is 0 Å². The van der Waals surface area contributed by atoms with Crippen LogP contribution < -0.4 is 5.32 Å². The van der Waals surface area contributed by atoms with E-state index in [2.05, 4.69) is 31.3 Å². The molecule has 92 valence electrons. The molecule has 0 heterocycles. The number of hydrogen-bond donors (Lipinski definition) is 1. The van der Waals surface area contributed by atoms with Crippen LogP contribution in [-0.4, -0.2) is 11.9 Å². The van der Waals surface area contributed by atoms with Crippen LogP contribution in [0.3, 0.4) is 0 Å². The third kappa shape index (κ3) is 4.43. The summed E-state index contributed by atoms with van der Waals surface area (Å²) in [5, 5.41) is 2.84. The molecule has 0 aliphatic rings. The second-order valence-corrected chi connectivity index (χ2v) is 5.08. The number of carbonyl (C=O) groups is 1. The van der Waals surface area contributed by atoms with Gasteiger partial charge in [-0.05, 0) is 25.5 Å². The van der Waals surface area contributed by atoms with Gasteiger partial charge in [0.1, 0.15) is 0 Å². The molecule has 0 saturated heterocycles. The first-order valence-corrected chi connectivity index (χ1v) is 5.97. The van der Waals surface area contributed by atoms with E-state index in [1.54, 1.807) is 6.08 Å². The predicted octanol–water partition coefficient (Wildman–Crippen LogP) is 3.05. The van der Waals surface area contributed by atoms with Crippen LogP contribution in [0.2, 0.25) is 0 Å². The lowest BCUT2D eigenvalue weighted by atomic mass is 9.84. The van der Waals surface area contributed by atoms with Crippen molar-refractivity contribution >= 4 is 5.91 Å². The minimum atomic E-state index is -0.129. The average Bonchev–Trinajstić information content (AvgIpc) is 2.27. The van der Waals surface area contributed by atoms with Gasteiger partial charge in [0.15, 0.2) is 0 Å². The zero-order chi connectivity index (χ0) is 12.9. The molecule has 1 amide bonds. The molecule has 0 bridgehead atoms. The summed E-state index contributed by atoms with van der Waals surface area (Å²) in [4.78, 5) is 11.5. The topological polar surface area (TPSA) is 29.1 Å². The Morgan fingerprint density at radius 1 is 1.24 bits per heavy atom. The summed E-state index contributed by atoms with van der Waals surface area (Å²) in [6, 6.07) is 10.3. The van der Waals surface area contributed by atoms with Crippen molar-refractivity contribution in [1.29, 1.82) is 0 Å². The molecular weight excluding hydrogens is 210 g/mol. The summed E-state index contributed by atoms with van der Waals surface area (Å²) in [6.45, 7) is 8.10. The van der Waals surface area contributed by atoms with Crippen LogP contribution in [0.15, 0.2) is 42.5 Å². The third-order valence-corrected chi connectivity index (χ3v) is 2.60. The van der Waals surface area contributed by atoms with Crippen LogP contribution in [0, 0.1) is 0 Å². The lowest BCUT2D eigenvalue weighted by Gasteiger charge is -2.20. The van der Waals surface area contributed by atoms with E-state index in [0.717, 1.165) is 0 Å². The van der Waals surface area contributed by atoms with Gasteiger partial charge in [-0.3, -0.25) is 4.79 Å². The van der Waals surface area contributed by atoms with Crippen molar-refractivity contribution in [2.75, 3.05) is 0 Å². The molecule has 2 heteroatoms. The largest absolute Gasteiger partial charge is 0.350 e. The van der Waals surface area contributed by atoms with Gasteiger partial charge in [0.2, 0.25) is 5.91 Å². The summed E-state index contributed by atoms with van der Waals surface area (Å²) >= 11 is 0. The second-order valence-electron chi connectivity index (χ2n) is 5.08. The van der Waals surface area contributed by atoms with E-state index in [1.165, 1.54) is 5.56 Å². The Kier molecular flexibility index (Phi) is 4.50. The zero-order valence-corrected chi connectivity index (χ0v) is 11.0. The normalized spacial score (nSPS) is 12.1. The molecule has 0 unspecified atom stereocenters. The van der Waals surface area contributed by atoms with Gasteiger partial charge in [0.25, 0.3) is 0 Å². The monoisotopic (exact) mass is 231 g/mol. The van der Waals surface area contributed by atoms with E-state index < -0.39 is 0 Å². The van der Waals surface area contributed by atoms with Crippen LogP contribution in [0.25, 0.3) is 0 Å². The summed E-state index contributed by atoms with van der Waals surface area (Å²) < 4.78 is 0. The average molecular weight is 231 g/mol. The van der Waals surface area contributed by atoms with Crippen molar-refractivity contribution in [2.24, 2.45) is 0 Å². The standard InChI is InChI=1S/C15H21NO/c1-12(2)16-14(17)10-11-15(3,4)13-8-6-5-7-9-13/h5-12H,1-4H3,(H,16,17)/b11-10+. The van der Waals surface area contributed by atoms with E-state index in [1.807, 2.05) is 38.1 Å². The Balaban J connectivity index is 2.73. The highest BCUT2D eigenvalue weighted by molar-refractivity contribution is 5.87. The predicted molar refractivity (Wildman–Crippen MR) is 71.9 cm³/mol. The summed E-state index contributed by atoms with van der Waals surface area (Å²) in [5.41, 5.74) is 1.07. The quantitative estimate of drug-likeness (QED) is 0.793. The lowest BCUT2D eigenvalue weighted by Crippen LogP contribution is -2.28. The molecule has 1 N–H and O–H groups in total. The molecule has 0 saturated carbocycles. The Morgan fingerprint density at radius 2 is 1.82 bits per heavy atom. The number of carbonyl (C=O) groups excluding carboxylic acids is 1. The molecule has 0 aromatic heterocycles. The molecule has 0 spiro atoms. The summed E-state index contributed by atoms with van der Waals surface area (Å²) in [7, 11) is 0. The first kappa shape index (κ1) is 13.5. The van der Waals surface area contributed by atoms with Crippen molar-refractivity contribution in [3.63, 3.8) is 0 Å². The zero-order valence-electron chi connectivity index (χ0n) is 11.0. The SMILES string of the molecule is CC(C)NC(=O)/C=C/C(C)(C)c1ccccc1. The first-order valence-electron chi connectivity index (χ1n) is 5.97. The molecule has 0 atom stereocenters. The van der Waals surface area contributed by atoms with Gasteiger partial charge in [-0.2, -0.15) is 0 Å². The van der Waals surface area contributed by atoms with Crippen molar-refractivity contribution in [2.45, 2.75) is 39.2 Å². The number of rotatable bonds is 4. The first-order chi connectivity index (χ1) is 7.92. The van der Waals surface area contributed by atoms with E-state index in [9.17, 15) is 4.79 Å². The molecule has 17 heavy (non-hydrogen) atoms. The van der Waals surface area contributed by atoms with Crippen molar-refractivity contribution in [3.8, 4) is 0 Å². The molecule has 1 rings (SSSR count). The van der Waals surface area contributed by atoms with Crippen molar-refractivity contribution in [1.82, 2.24) is 5.32 Å². The Bertz CT molecular complexity index is 391. The van der Waals surface area contributed by atoms with Crippen LogP contribution >= 0.6 is 0 Å². The van der Waals surface area contributed by atoms with Crippen LogP contribution in [0.1, 0.15) is 33.3 Å². The number of allylic oxidation sites excluding steroid dienone is 1. The molecule has 1 aromatic carbocycles. The molecular formula is C15H21NO. The molecule has 0 aliphatic heterocycles. The van der Waals surface area contributed by atoms with Gasteiger partial charge in [-0.25, -0.2) is 0 Å². The van der Waals surface area contributed by atoms with Crippen LogP contribution in [0.5, 0.6) is 0 Å². The van der Waals surface area contributed by atoms with E-state index >= 15 is 0 Å². The van der Waals surface area contributed by atoms with Crippen LogP contribution in [-0.2, 0) is 10.2 Å². The second kappa shape index (κ2) is 5.67. The highest BCUT2D eigenvalue weighted by Crippen LogP contribution is 2.23. The molecule has 0 fully saturated rings. The minimum absolute atomic E-state index is 0.0380. The number of benzene rings is 1. The fraction of sp³-hybridized carbons (Fsp3) is 0.400. The molecule has 0 radical (unpaired) electrons. The summed E-state index contributed by atoms with van der Waals surface area (Å²) in [5.74, 6) is -0.0380. The highest BCUT2D eigenvalue weighted by Gasteiger charge is 2.16. The van der Waals surface area contributed by atoms with E-state index in [-0.39, 0.29) is 17.4 Å². The van der Waals surface area contributed by atoms with E-state index in [0.29, 0.717) is 0 Å². The Hall–Kier alpha value is -1.57. The maximum absolute atomic E-state index is 11.5. The number of hydrogen-bond acceptors (Lipinski definition) is 1. The number of amides is 1. The smallest absolute Gasteiger partial charge is 0.243 e. The maximum Gasteiger partial charge on any atom is 0.243 e. The van der Waals surface area contributed by atoms with Gasteiger partial charge in [-0.1, -0.05) is 50.3 Å². The summed E-state index contributed by atoms with van der Waals surface area (Å²) in [6.07, 6.45) is 3.56.